The molecule has 40 nitrogen and oxygen atoms in total. The van der Waals surface area contributed by atoms with Crippen molar-refractivity contribution in [3.8, 4) is 0 Å². The number of imide groups is 1. The van der Waals surface area contributed by atoms with Crippen molar-refractivity contribution in [1.82, 2.24) is 71.5 Å². The van der Waals surface area contributed by atoms with Crippen molar-refractivity contribution >= 4 is 113 Å². The number of primary amides is 1. The molecular weight excluding hydrogens is 1930 g/mol. The van der Waals surface area contributed by atoms with Crippen LogP contribution in [0.25, 0.3) is 6.08 Å². The van der Waals surface area contributed by atoms with Crippen LogP contribution in [0.2, 0.25) is 0 Å². The fourth-order valence-electron chi connectivity index (χ4n) is 20.6. The van der Waals surface area contributed by atoms with Crippen molar-refractivity contribution in [1.29, 1.82) is 0 Å². The number of aliphatic hydroxyl groups excluding tert-OH is 1. The summed E-state index contributed by atoms with van der Waals surface area (Å²) in [5, 5.41) is 33.8. The van der Waals surface area contributed by atoms with Gasteiger partial charge in [0.15, 0.2) is 6.10 Å². The minimum atomic E-state index is -1.32. The van der Waals surface area contributed by atoms with Gasteiger partial charge < -0.3 is 106 Å². The highest BCUT2D eigenvalue weighted by atomic mass is 16.6. The normalized spacial score (nSPS) is 19.7. The van der Waals surface area contributed by atoms with E-state index in [-0.39, 0.29) is 92.1 Å². The van der Waals surface area contributed by atoms with E-state index in [1.54, 1.807) is 136 Å². The van der Waals surface area contributed by atoms with Gasteiger partial charge in [0.1, 0.15) is 68.0 Å². The topological polar surface area (TPSA) is 511 Å². The zero-order chi connectivity index (χ0) is 112. The van der Waals surface area contributed by atoms with Crippen LogP contribution in [0.1, 0.15) is 236 Å². The molecule has 22 atom stereocenters. The Kier molecular flexibility index (Phi) is 49.9. The molecule has 832 valence electrons. The Hall–Kier alpha value is -12.3. The highest BCUT2D eigenvalue weighted by Crippen LogP contribution is 2.37. The number of unbranched alkanes of at least 4 members (excludes halogenated alkanes) is 2. The molecule has 0 radical (unpaired) electrons. The number of aldehydes is 1. The number of nitrogens with two attached hydrogens (primary N) is 1. The van der Waals surface area contributed by atoms with Gasteiger partial charge in [-0.2, -0.15) is 0 Å². The van der Waals surface area contributed by atoms with E-state index >= 15 is 19.2 Å². The molecule has 4 aliphatic rings. The van der Waals surface area contributed by atoms with Crippen LogP contribution in [0.3, 0.4) is 0 Å². The Morgan fingerprint density at radius 3 is 1.57 bits per heavy atom. The number of likely N-dealkylation sites (tertiary alicyclic amines) is 2. The zero-order valence-electron chi connectivity index (χ0n) is 92.2. The monoisotopic (exact) mass is 2100 g/mol. The van der Waals surface area contributed by atoms with Crippen LogP contribution in [0, 0.1) is 53.3 Å². The van der Waals surface area contributed by atoms with Crippen molar-refractivity contribution in [2.45, 2.75) is 317 Å². The van der Waals surface area contributed by atoms with Crippen LogP contribution < -0.4 is 48.3 Å². The van der Waals surface area contributed by atoms with E-state index in [9.17, 15) is 67.4 Å². The molecule has 150 heavy (non-hydrogen) atoms. The highest BCUT2D eigenvalue weighted by molar-refractivity contribution is 6.13. The van der Waals surface area contributed by atoms with E-state index in [4.69, 9.17) is 34.2 Å². The second-order valence-corrected chi connectivity index (χ2v) is 42.1. The smallest absolute Gasteiger partial charge is 0.410 e. The maximum atomic E-state index is 15.3. The first-order valence-corrected chi connectivity index (χ1v) is 52.9. The number of amides is 17. The van der Waals surface area contributed by atoms with Crippen molar-refractivity contribution in [3.63, 3.8) is 0 Å². The largest absolute Gasteiger partial charge is 0.445 e. The SMILES string of the molecule is CC[C@H](C)[C@@H]([C@H](C=O)CC(=O)N1CCC[C@H]1[C@H](OC)[C@H]1O[C@@H](c2ccccc2)[C@@H](C)NC1=O)N(C)C(=O)[C@@H](NC(=O)[C@H](C(C)C)N(C)C(=O)OC/C(=C\c1ccc(NC(=O)[C@H](CCCNC(N)=O)NC(=O)[C@@H](NC(=O)CCCCCN2C(=O)C=CC2=O)C(C)C)cc1)COC(=O)N(C)[C@H](C(=O)N[C@H](C(=O)N(C)[C@@H]([C@@H](C)CC)[C@@H](CC(=O)N1CCC[C@H]1[C@H](OC)[C@@H](C)C(=O)N[C@H](C)[C@@H](O)c1ccccc1)OC)C(C)C)C(C)C)C(C)C. The van der Waals surface area contributed by atoms with Crippen molar-refractivity contribution in [3.05, 3.63) is 119 Å². The maximum absolute atomic E-state index is 15.3. The van der Waals surface area contributed by atoms with Gasteiger partial charge in [0.25, 0.3) is 17.7 Å². The highest BCUT2D eigenvalue weighted by Gasteiger charge is 2.50. The van der Waals surface area contributed by atoms with Gasteiger partial charge in [0, 0.05) is 124 Å². The average Bonchev–Trinajstić information content (AvgIpc) is 1.39. The summed E-state index contributed by atoms with van der Waals surface area (Å²) in [6.07, 6.45) is 1.66. The van der Waals surface area contributed by atoms with E-state index in [1.807, 2.05) is 71.0 Å². The number of nitrogens with zero attached hydrogens (tertiary/aromatic N) is 7. The Bertz CT molecular complexity index is 5050. The van der Waals surface area contributed by atoms with E-state index in [0.717, 1.165) is 20.3 Å². The van der Waals surface area contributed by atoms with Crippen molar-refractivity contribution in [2.75, 3.05) is 94.2 Å². The van der Waals surface area contributed by atoms with Crippen LogP contribution >= 0.6 is 0 Å². The van der Waals surface area contributed by atoms with Gasteiger partial charge in [-0.05, 0) is 142 Å². The predicted molar refractivity (Wildman–Crippen MR) is 564 cm³/mol. The Balaban J connectivity index is 1.11. The Morgan fingerprint density at radius 1 is 0.560 bits per heavy atom. The first kappa shape index (κ1) is 125. The van der Waals surface area contributed by atoms with E-state index in [2.05, 4.69) is 42.5 Å². The number of morpholine rings is 1. The lowest BCUT2D eigenvalue weighted by Crippen LogP contribution is -2.60. The van der Waals surface area contributed by atoms with Crippen LogP contribution in [0.5, 0.6) is 0 Å². The van der Waals surface area contributed by atoms with Gasteiger partial charge in [-0.1, -0.05) is 196 Å². The van der Waals surface area contributed by atoms with Gasteiger partial charge in [-0.15, -0.1) is 0 Å². The molecule has 3 fully saturated rings. The van der Waals surface area contributed by atoms with Gasteiger partial charge in [-0.3, -0.25) is 77.0 Å². The van der Waals surface area contributed by atoms with E-state index in [0.29, 0.717) is 88.3 Å². The predicted octanol–water partition coefficient (Wildman–Crippen LogP) is 8.92. The number of hydrogen-bond acceptors (Lipinski definition) is 24. The lowest BCUT2D eigenvalue weighted by atomic mass is 9.84. The Morgan fingerprint density at radius 2 is 1.07 bits per heavy atom. The summed E-state index contributed by atoms with van der Waals surface area (Å²) in [6, 6.07) is 12.6. The van der Waals surface area contributed by atoms with Crippen molar-refractivity contribution in [2.24, 2.45) is 59.0 Å². The minimum Gasteiger partial charge on any atom is -0.445 e. The molecule has 40 heteroatoms. The number of benzene rings is 3. The molecule has 3 aromatic carbocycles. The molecule has 11 N–H and O–H groups in total. The summed E-state index contributed by atoms with van der Waals surface area (Å²) < 4.78 is 36.9. The van der Waals surface area contributed by atoms with Crippen LogP contribution in [-0.4, -0.2) is 327 Å². The quantitative estimate of drug-likeness (QED) is 0.0143. The van der Waals surface area contributed by atoms with Gasteiger partial charge in [0.05, 0.1) is 60.9 Å². The molecule has 4 heterocycles. The molecule has 4 aliphatic heterocycles. The summed E-state index contributed by atoms with van der Waals surface area (Å²) in [6.45, 7) is 29.7. The number of likely N-dealkylation sites (N-methyl/N-ethyl adjacent to an activating group) is 4. The third-order valence-corrected chi connectivity index (χ3v) is 29.4. The number of aliphatic hydroxyl groups is 1. The number of urea groups is 1. The number of methoxy groups -OCH3 is 3. The van der Waals surface area contributed by atoms with Crippen LogP contribution in [-0.2, 0) is 95.5 Å². The lowest BCUT2D eigenvalue weighted by molar-refractivity contribution is -0.173. The number of nitrogens with one attached hydrogen (secondary N) is 8. The summed E-state index contributed by atoms with van der Waals surface area (Å²) in [7, 11) is 10.2. The lowest BCUT2D eigenvalue weighted by Gasteiger charge is -2.42. The number of anilines is 1. The van der Waals surface area contributed by atoms with Gasteiger partial charge >= 0.3 is 18.2 Å². The first-order valence-electron chi connectivity index (χ1n) is 52.9. The number of rotatable bonds is 58. The fourth-order valence-corrected chi connectivity index (χ4v) is 20.6. The van der Waals surface area contributed by atoms with Crippen LogP contribution in [0.15, 0.2) is 103 Å². The molecule has 3 saturated heterocycles. The van der Waals surface area contributed by atoms with Crippen LogP contribution in [0.4, 0.5) is 20.1 Å². The molecule has 0 unspecified atom stereocenters. The number of carbonyl (C=O) groups excluding carboxylic acids is 17. The molecule has 17 amide bonds. The molecule has 0 spiro atoms. The van der Waals surface area contributed by atoms with E-state index < -0.39 is 235 Å². The third kappa shape index (κ3) is 34.4. The van der Waals surface area contributed by atoms with Gasteiger partial charge in [0.2, 0.25) is 59.1 Å². The minimum absolute atomic E-state index is 0.0159. The zero-order valence-corrected chi connectivity index (χ0v) is 92.2. The fraction of sp³-hybridized carbons (Fsp3) is 0.645. The summed E-state index contributed by atoms with van der Waals surface area (Å²) in [4.78, 5) is 249. The molecule has 0 saturated carbocycles. The number of ether oxygens (including phenoxy) is 6. The number of hydrogen-bond donors (Lipinski definition) is 10. The summed E-state index contributed by atoms with van der Waals surface area (Å²) >= 11 is 0. The Labute approximate surface area is 884 Å². The average molecular weight is 2100 g/mol. The van der Waals surface area contributed by atoms with Gasteiger partial charge in [-0.25, -0.2) is 14.4 Å². The first-order chi connectivity index (χ1) is 71.0. The molecule has 0 aliphatic carbocycles. The molecule has 3 aromatic rings. The van der Waals surface area contributed by atoms with Crippen molar-refractivity contribution < 1.29 is 115 Å². The standard InChI is InChI=1S/C110H168N16O24/c1-25-68(13)93(77(60-127)58-86(131)125-56-38-45-81(125)98(147-24)99-105(139)114-72(17)97(150-99)76-41-32-28-33-42-76)120(18)106(140)89(64(5)6)118-103(137)91(66(9)10)122(20)109(143)148-61-74(57-73-47-49-78(50-48-73)115-101(135)79(43-36-53-112-108(111)142)116-102(136)88(63(3)4)117-83(128)46-34-29-35-54-126-84(129)51-52-85(126)130)62-149-110(144)123(21)92(67(11)12)104(138)119-90(65(7)8)107(141)121(19)94(69(14)26-2)82(145-22)59-87(132)124-55-37-44-80(124)96(146-23)70(15)100(134)113-71(16)95(133)75-39-30-27-31-40-75/h27-28,30-33,39-42,47-52,57,60,63-72,77,79-82,88-99,133H,25-26,29,34-38,43-46,53-56,58-59,61-62H2,1-24H3,(H,113,134)(H,114,139)(H,115,135)(H,116,136)(H,117,128)(H,118,137)(H,119,138)(H3,111,112,142)/b74-57+/t68-,69-,70+,71+,72+,77-,79-,80-,81-,82+,88-,89-,90-,91-,92-,93-,94-,95+,96+,97+,98-,99+/m0/s1. The second kappa shape index (κ2) is 60.1. The van der Waals surface area contributed by atoms with E-state index in [1.165, 1.54) is 82.6 Å². The molecule has 0 aromatic heterocycles. The number of carbonyl (C=O) groups is 17. The maximum Gasteiger partial charge on any atom is 0.410 e. The summed E-state index contributed by atoms with van der Waals surface area (Å²) in [5.74, 6) is -12.0. The third-order valence-electron chi connectivity index (χ3n) is 29.4. The molecule has 0 bridgehead atoms. The molecule has 7 rings (SSSR count). The second-order valence-electron chi connectivity index (χ2n) is 42.1. The molecular formula is C110H168N16O24. The summed E-state index contributed by atoms with van der Waals surface area (Å²) in [5.41, 5.74) is 7.57.